The Hall–Kier alpha value is -0.650. The van der Waals surface area contributed by atoms with E-state index in [-0.39, 0.29) is 30.2 Å². The molecule has 1 saturated heterocycles. The average Bonchev–Trinajstić information content (AvgIpc) is 2.32. The molecule has 3 nitrogen and oxygen atoms in total. The van der Waals surface area contributed by atoms with Crippen LogP contribution in [0.1, 0.15) is 17.3 Å². The van der Waals surface area contributed by atoms with Crippen LogP contribution in [0.25, 0.3) is 0 Å². The number of halogens is 3. The SMILES string of the molecule is CC1CNCCN1C(=O)c1ccc(F)c(Br)c1.Cl. The third-order valence-electron chi connectivity index (χ3n) is 2.93. The molecule has 18 heavy (non-hydrogen) atoms. The van der Waals surface area contributed by atoms with Crippen LogP contribution < -0.4 is 5.32 Å². The van der Waals surface area contributed by atoms with Crippen LogP contribution in [0.4, 0.5) is 4.39 Å². The van der Waals surface area contributed by atoms with Crippen molar-refractivity contribution >= 4 is 34.2 Å². The molecule has 1 aromatic rings. The van der Waals surface area contributed by atoms with Gasteiger partial charge < -0.3 is 10.2 Å². The summed E-state index contributed by atoms with van der Waals surface area (Å²) in [5.74, 6) is -0.394. The van der Waals surface area contributed by atoms with E-state index in [1.54, 1.807) is 0 Å². The zero-order valence-electron chi connectivity index (χ0n) is 9.95. The lowest BCUT2D eigenvalue weighted by atomic mass is 10.1. The van der Waals surface area contributed by atoms with E-state index >= 15 is 0 Å². The molecule has 0 bridgehead atoms. The summed E-state index contributed by atoms with van der Waals surface area (Å²) in [6, 6.07) is 4.54. The Bertz CT molecular complexity index is 444. The van der Waals surface area contributed by atoms with E-state index in [1.807, 2.05) is 11.8 Å². The molecule has 2 rings (SSSR count). The first-order chi connectivity index (χ1) is 8.09. The Morgan fingerprint density at radius 1 is 1.56 bits per heavy atom. The fourth-order valence-corrected chi connectivity index (χ4v) is 2.32. The number of nitrogens with one attached hydrogen (secondary N) is 1. The van der Waals surface area contributed by atoms with E-state index < -0.39 is 0 Å². The molecule has 1 amide bonds. The highest BCUT2D eigenvalue weighted by molar-refractivity contribution is 9.10. The van der Waals surface area contributed by atoms with Gasteiger partial charge in [0.15, 0.2) is 0 Å². The minimum Gasteiger partial charge on any atom is -0.333 e. The van der Waals surface area contributed by atoms with Gasteiger partial charge in [0.05, 0.1) is 4.47 Å². The van der Waals surface area contributed by atoms with Gasteiger partial charge in [-0.25, -0.2) is 4.39 Å². The summed E-state index contributed by atoms with van der Waals surface area (Å²) >= 11 is 3.10. The molecule has 1 heterocycles. The normalized spacial score (nSPS) is 19.3. The molecule has 1 atom stereocenters. The van der Waals surface area contributed by atoms with Crippen LogP contribution in [-0.2, 0) is 0 Å². The quantitative estimate of drug-likeness (QED) is 0.854. The van der Waals surface area contributed by atoms with Crippen LogP contribution in [-0.4, -0.2) is 36.5 Å². The number of piperazine rings is 1. The second-order valence-corrected chi connectivity index (χ2v) is 5.03. The van der Waals surface area contributed by atoms with E-state index in [1.165, 1.54) is 18.2 Å². The zero-order valence-corrected chi connectivity index (χ0v) is 12.4. The fourth-order valence-electron chi connectivity index (χ4n) is 1.94. The number of nitrogens with zero attached hydrogens (tertiary/aromatic N) is 1. The van der Waals surface area contributed by atoms with Gasteiger partial charge in [0, 0.05) is 31.2 Å². The lowest BCUT2D eigenvalue weighted by Gasteiger charge is -2.34. The maximum Gasteiger partial charge on any atom is 0.254 e. The van der Waals surface area contributed by atoms with Gasteiger partial charge in [-0.2, -0.15) is 0 Å². The number of hydrogen-bond donors (Lipinski definition) is 1. The standard InChI is InChI=1S/C12H14BrFN2O.ClH/c1-8-7-15-4-5-16(8)12(17)9-2-3-11(14)10(13)6-9;/h2-3,6,8,15H,4-5,7H2,1H3;1H. The van der Waals surface area contributed by atoms with Crippen molar-refractivity contribution in [2.45, 2.75) is 13.0 Å². The Morgan fingerprint density at radius 3 is 2.89 bits per heavy atom. The molecule has 1 N–H and O–H groups in total. The smallest absolute Gasteiger partial charge is 0.254 e. The van der Waals surface area contributed by atoms with Crippen LogP contribution in [0.15, 0.2) is 22.7 Å². The molecular weight excluding hydrogens is 322 g/mol. The van der Waals surface area contributed by atoms with Crippen LogP contribution in [0.2, 0.25) is 0 Å². The molecule has 0 aliphatic carbocycles. The molecule has 6 heteroatoms. The van der Waals surface area contributed by atoms with E-state index in [0.717, 1.165) is 13.1 Å². The summed E-state index contributed by atoms with van der Waals surface area (Å²) in [6.07, 6.45) is 0. The van der Waals surface area contributed by atoms with E-state index in [0.29, 0.717) is 16.6 Å². The van der Waals surface area contributed by atoms with Gasteiger partial charge in [0.25, 0.3) is 5.91 Å². The molecule has 1 fully saturated rings. The number of benzene rings is 1. The summed E-state index contributed by atoms with van der Waals surface area (Å²) in [7, 11) is 0. The number of hydrogen-bond acceptors (Lipinski definition) is 2. The largest absolute Gasteiger partial charge is 0.333 e. The van der Waals surface area contributed by atoms with E-state index in [4.69, 9.17) is 0 Å². The summed E-state index contributed by atoms with van der Waals surface area (Å²) in [6.45, 7) is 4.30. The second-order valence-electron chi connectivity index (χ2n) is 4.18. The van der Waals surface area contributed by atoms with E-state index in [2.05, 4.69) is 21.2 Å². The monoisotopic (exact) mass is 336 g/mol. The van der Waals surface area contributed by atoms with Gasteiger partial charge in [0.2, 0.25) is 0 Å². The first-order valence-electron chi connectivity index (χ1n) is 5.56. The molecule has 1 aliphatic heterocycles. The van der Waals surface area contributed by atoms with Gasteiger partial charge in [-0.1, -0.05) is 0 Å². The first kappa shape index (κ1) is 15.4. The van der Waals surface area contributed by atoms with Gasteiger partial charge in [-0.05, 0) is 41.1 Å². The Kier molecular flexibility index (Phi) is 5.56. The Labute approximate surface area is 120 Å². The number of carbonyl (C=O) groups is 1. The first-order valence-corrected chi connectivity index (χ1v) is 6.35. The lowest BCUT2D eigenvalue weighted by molar-refractivity contribution is 0.0655. The summed E-state index contributed by atoms with van der Waals surface area (Å²) in [5, 5.41) is 3.23. The van der Waals surface area contributed by atoms with Crippen LogP contribution in [0, 0.1) is 5.82 Å². The predicted molar refractivity (Wildman–Crippen MR) is 74.7 cm³/mol. The van der Waals surface area contributed by atoms with Crippen LogP contribution in [0.5, 0.6) is 0 Å². The molecule has 1 unspecified atom stereocenters. The van der Waals surface area contributed by atoms with Gasteiger partial charge >= 0.3 is 0 Å². The molecule has 100 valence electrons. The minimum absolute atomic E-state index is 0. The van der Waals surface area contributed by atoms with Crippen molar-refractivity contribution in [1.82, 2.24) is 10.2 Å². The summed E-state index contributed by atoms with van der Waals surface area (Å²) in [4.78, 5) is 14.0. The Balaban J connectivity index is 0.00000162. The minimum atomic E-state index is -0.352. The third kappa shape index (κ3) is 3.22. The van der Waals surface area contributed by atoms with Crippen LogP contribution in [0.3, 0.4) is 0 Å². The van der Waals surface area contributed by atoms with Crippen molar-refractivity contribution < 1.29 is 9.18 Å². The third-order valence-corrected chi connectivity index (χ3v) is 3.54. The lowest BCUT2D eigenvalue weighted by Crippen LogP contribution is -2.52. The topological polar surface area (TPSA) is 32.3 Å². The zero-order chi connectivity index (χ0) is 12.4. The van der Waals surface area contributed by atoms with Gasteiger partial charge in [-0.15, -0.1) is 12.4 Å². The highest BCUT2D eigenvalue weighted by Crippen LogP contribution is 2.19. The predicted octanol–water partition coefficient (Wildman–Crippen LogP) is 2.44. The fraction of sp³-hybridized carbons (Fsp3) is 0.417. The highest BCUT2D eigenvalue weighted by atomic mass is 79.9. The second kappa shape index (κ2) is 6.50. The van der Waals surface area contributed by atoms with Gasteiger partial charge in [-0.3, -0.25) is 4.79 Å². The number of carbonyl (C=O) groups excluding carboxylic acids is 1. The molecule has 1 aliphatic rings. The van der Waals surface area contributed by atoms with Crippen molar-refractivity contribution in [1.29, 1.82) is 0 Å². The molecule has 0 aromatic heterocycles. The summed E-state index contributed by atoms with van der Waals surface area (Å²) in [5.41, 5.74) is 0.520. The highest BCUT2D eigenvalue weighted by Gasteiger charge is 2.24. The maximum absolute atomic E-state index is 13.1. The van der Waals surface area contributed by atoms with Crippen molar-refractivity contribution in [2.24, 2.45) is 0 Å². The van der Waals surface area contributed by atoms with Gasteiger partial charge in [0.1, 0.15) is 5.82 Å². The number of rotatable bonds is 1. The van der Waals surface area contributed by atoms with Crippen molar-refractivity contribution in [3.8, 4) is 0 Å². The average molecular weight is 338 g/mol. The summed E-state index contributed by atoms with van der Waals surface area (Å²) < 4.78 is 13.4. The molecule has 1 aromatic carbocycles. The number of amides is 1. The molecule has 0 saturated carbocycles. The Morgan fingerprint density at radius 2 is 2.28 bits per heavy atom. The molecule has 0 radical (unpaired) electrons. The van der Waals surface area contributed by atoms with Crippen molar-refractivity contribution in [3.63, 3.8) is 0 Å². The molecular formula is C12H15BrClFN2O. The van der Waals surface area contributed by atoms with Crippen molar-refractivity contribution in [2.75, 3.05) is 19.6 Å². The molecule has 0 spiro atoms. The van der Waals surface area contributed by atoms with Crippen molar-refractivity contribution in [3.05, 3.63) is 34.1 Å². The van der Waals surface area contributed by atoms with E-state index in [9.17, 15) is 9.18 Å². The van der Waals surface area contributed by atoms with Crippen LogP contribution >= 0.6 is 28.3 Å². The maximum atomic E-state index is 13.1.